The van der Waals surface area contributed by atoms with E-state index in [0.29, 0.717) is 6.42 Å². The minimum atomic E-state index is 0.0115. The number of nitrogens with one attached hydrogen (secondary N) is 1. The molecule has 2 aromatic carbocycles. The van der Waals surface area contributed by atoms with Gasteiger partial charge in [0.05, 0.1) is 6.42 Å². The van der Waals surface area contributed by atoms with Gasteiger partial charge in [-0.05, 0) is 17.7 Å². The van der Waals surface area contributed by atoms with E-state index in [2.05, 4.69) is 19.2 Å². The second-order valence-corrected chi connectivity index (χ2v) is 4.28. The molecule has 0 fully saturated rings. The first-order valence-corrected chi connectivity index (χ1v) is 6.65. The normalized spacial score (nSPS) is 9.16. The highest BCUT2D eigenvalue weighted by atomic mass is 16.1. The Hall–Kier alpha value is -2.09. The van der Waals surface area contributed by atoms with Crippen LogP contribution in [0.1, 0.15) is 25.8 Å². The molecule has 0 spiro atoms. The van der Waals surface area contributed by atoms with Crippen LogP contribution in [0, 0.1) is 0 Å². The fourth-order valence-electron chi connectivity index (χ4n) is 1.51. The van der Waals surface area contributed by atoms with Crippen molar-refractivity contribution in [1.29, 1.82) is 0 Å². The van der Waals surface area contributed by atoms with Crippen LogP contribution in [-0.4, -0.2) is 5.91 Å². The fraction of sp³-hybridized carbons (Fsp3) is 0.235. The Balaban J connectivity index is 0.000000550. The average Bonchev–Trinajstić information content (AvgIpc) is 2.41. The molecule has 2 aromatic rings. The van der Waals surface area contributed by atoms with Crippen LogP contribution in [0.25, 0.3) is 0 Å². The van der Waals surface area contributed by atoms with Gasteiger partial charge in [0.15, 0.2) is 0 Å². The van der Waals surface area contributed by atoms with Crippen molar-refractivity contribution in [3.05, 3.63) is 66.2 Å². The summed E-state index contributed by atoms with van der Waals surface area (Å²) in [6, 6.07) is 19.2. The van der Waals surface area contributed by atoms with Crippen molar-refractivity contribution in [3.63, 3.8) is 0 Å². The highest BCUT2D eigenvalue weighted by molar-refractivity contribution is 5.92. The first kappa shape index (κ1) is 15.0. The van der Waals surface area contributed by atoms with E-state index in [1.165, 1.54) is 6.42 Å². The molecule has 0 radical (unpaired) electrons. The molecule has 0 saturated carbocycles. The van der Waals surface area contributed by atoms with E-state index in [0.717, 1.165) is 11.3 Å². The van der Waals surface area contributed by atoms with E-state index in [1.54, 1.807) is 0 Å². The van der Waals surface area contributed by atoms with Crippen molar-refractivity contribution in [2.45, 2.75) is 26.7 Å². The van der Waals surface area contributed by atoms with Crippen LogP contribution >= 0.6 is 0 Å². The Kier molecular flexibility index (Phi) is 7.03. The minimum Gasteiger partial charge on any atom is -0.326 e. The minimum absolute atomic E-state index is 0.0115. The molecule has 2 heteroatoms. The molecule has 0 aliphatic carbocycles. The van der Waals surface area contributed by atoms with E-state index in [9.17, 15) is 4.79 Å². The van der Waals surface area contributed by atoms with Crippen LogP contribution in [0.5, 0.6) is 0 Å². The smallest absolute Gasteiger partial charge is 0.228 e. The van der Waals surface area contributed by atoms with Crippen molar-refractivity contribution in [1.82, 2.24) is 0 Å². The van der Waals surface area contributed by atoms with E-state index < -0.39 is 0 Å². The molecule has 19 heavy (non-hydrogen) atoms. The van der Waals surface area contributed by atoms with Gasteiger partial charge < -0.3 is 5.32 Å². The van der Waals surface area contributed by atoms with Gasteiger partial charge in [0.25, 0.3) is 0 Å². The molecule has 0 saturated heterocycles. The van der Waals surface area contributed by atoms with Crippen molar-refractivity contribution >= 4 is 11.6 Å². The topological polar surface area (TPSA) is 29.1 Å². The van der Waals surface area contributed by atoms with E-state index in [1.807, 2.05) is 60.7 Å². The molecule has 0 aliphatic heterocycles. The largest absolute Gasteiger partial charge is 0.326 e. The number of amides is 1. The molecule has 0 bridgehead atoms. The molecule has 0 atom stereocenters. The first-order chi connectivity index (χ1) is 9.26. The highest BCUT2D eigenvalue weighted by Crippen LogP contribution is 2.06. The van der Waals surface area contributed by atoms with Crippen molar-refractivity contribution < 1.29 is 4.79 Å². The van der Waals surface area contributed by atoms with E-state index >= 15 is 0 Å². The number of hydrogen-bond acceptors (Lipinski definition) is 1. The summed E-state index contributed by atoms with van der Waals surface area (Å²) in [6.07, 6.45) is 1.66. The second-order valence-electron chi connectivity index (χ2n) is 4.28. The molecule has 0 unspecified atom stereocenters. The Morgan fingerprint density at radius 2 is 1.37 bits per heavy atom. The fourth-order valence-corrected chi connectivity index (χ4v) is 1.51. The Bertz CT molecular complexity index is 422. The van der Waals surface area contributed by atoms with Gasteiger partial charge in [-0.2, -0.15) is 0 Å². The summed E-state index contributed by atoms with van der Waals surface area (Å²) < 4.78 is 0. The van der Waals surface area contributed by atoms with Gasteiger partial charge in [0, 0.05) is 5.69 Å². The van der Waals surface area contributed by atoms with Crippen LogP contribution in [0.3, 0.4) is 0 Å². The molecular weight excluding hydrogens is 234 g/mol. The third-order valence-electron chi connectivity index (χ3n) is 2.27. The summed E-state index contributed by atoms with van der Waals surface area (Å²) in [5, 5.41) is 2.85. The molecule has 1 N–H and O–H groups in total. The maximum Gasteiger partial charge on any atom is 0.228 e. The average molecular weight is 255 g/mol. The molecule has 1 amide bonds. The van der Waals surface area contributed by atoms with Gasteiger partial charge in [-0.3, -0.25) is 4.79 Å². The summed E-state index contributed by atoms with van der Waals surface area (Å²) in [5.41, 5.74) is 1.86. The lowest BCUT2D eigenvalue weighted by Gasteiger charge is -2.04. The third kappa shape index (κ3) is 6.41. The zero-order valence-corrected chi connectivity index (χ0v) is 11.6. The van der Waals surface area contributed by atoms with Gasteiger partial charge in [-0.1, -0.05) is 68.8 Å². The number of carbonyl (C=O) groups excluding carboxylic acids is 1. The number of carbonyl (C=O) groups is 1. The molecule has 2 nitrogen and oxygen atoms in total. The van der Waals surface area contributed by atoms with Gasteiger partial charge >= 0.3 is 0 Å². The predicted octanol–water partition coefficient (Wildman–Crippen LogP) is 4.28. The van der Waals surface area contributed by atoms with Crippen molar-refractivity contribution in [2.75, 3.05) is 5.32 Å². The van der Waals surface area contributed by atoms with Crippen LogP contribution < -0.4 is 5.32 Å². The number of benzene rings is 2. The highest BCUT2D eigenvalue weighted by Gasteiger charge is 2.02. The first-order valence-electron chi connectivity index (χ1n) is 6.65. The monoisotopic (exact) mass is 255 g/mol. The third-order valence-corrected chi connectivity index (χ3v) is 2.27. The lowest BCUT2D eigenvalue weighted by molar-refractivity contribution is -0.115. The van der Waals surface area contributed by atoms with Crippen LogP contribution in [0.2, 0.25) is 0 Å². The number of rotatable bonds is 3. The summed E-state index contributed by atoms with van der Waals surface area (Å²) >= 11 is 0. The number of anilines is 1. The van der Waals surface area contributed by atoms with Gasteiger partial charge in [0.1, 0.15) is 0 Å². The van der Waals surface area contributed by atoms with Crippen LogP contribution in [-0.2, 0) is 11.2 Å². The predicted molar refractivity (Wildman–Crippen MR) is 81.2 cm³/mol. The lowest BCUT2D eigenvalue weighted by atomic mass is 10.1. The summed E-state index contributed by atoms with van der Waals surface area (Å²) in [4.78, 5) is 11.7. The zero-order valence-electron chi connectivity index (χ0n) is 11.6. The number of hydrogen-bond donors (Lipinski definition) is 1. The molecule has 100 valence electrons. The molecule has 0 aliphatic rings. The van der Waals surface area contributed by atoms with Gasteiger partial charge in [-0.15, -0.1) is 0 Å². The van der Waals surface area contributed by atoms with E-state index in [4.69, 9.17) is 0 Å². The maximum atomic E-state index is 11.7. The van der Waals surface area contributed by atoms with Crippen LogP contribution in [0.15, 0.2) is 60.7 Å². The van der Waals surface area contributed by atoms with E-state index in [-0.39, 0.29) is 5.91 Å². The zero-order chi connectivity index (χ0) is 13.9. The summed E-state index contributed by atoms with van der Waals surface area (Å²) in [7, 11) is 0. The van der Waals surface area contributed by atoms with Crippen LogP contribution in [0.4, 0.5) is 5.69 Å². The summed E-state index contributed by atoms with van der Waals surface area (Å²) in [6.45, 7) is 4.25. The Morgan fingerprint density at radius 1 is 0.895 bits per heavy atom. The Morgan fingerprint density at radius 3 is 1.89 bits per heavy atom. The molecule has 0 heterocycles. The lowest BCUT2D eigenvalue weighted by Crippen LogP contribution is -2.14. The van der Waals surface area contributed by atoms with Crippen molar-refractivity contribution in [2.24, 2.45) is 0 Å². The molecule has 0 aromatic heterocycles. The van der Waals surface area contributed by atoms with Gasteiger partial charge in [0.2, 0.25) is 5.91 Å². The van der Waals surface area contributed by atoms with Crippen molar-refractivity contribution in [3.8, 4) is 0 Å². The number of para-hydroxylation sites is 1. The standard InChI is InChI=1S/C14H13NO.C3H8/c16-14(11-12-7-3-1-4-8-12)15-13-9-5-2-6-10-13;1-3-2/h1-10H,11H2,(H,15,16);3H2,1-2H3. The Labute approximate surface area is 115 Å². The molecule has 2 rings (SSSR count). The quantitative estimate of drug-likeness (QED) is 0.871. The maximum absolute atomic E-state index is 11.7. The second kappa shape index (κ2) is 8.92. The molecular formula is C17H21NO. The SMILES string of the molecule is CCC.O=C(Cc1ccccc1)Nc1ccccc1. The summed E-state index contributed by atoms with van der Waals surface area (Å²) in [5.74, 6) is 0.0115. The van der Waals surface area contributed by atoms with Gasteiger partial charge in [-0.25, -0.2) is 0 Å².